The fourth-order valence-electron chi connectivity index (χ4n) is 4.60. The smallest absolute Gasteiger partial charge is 0.338 e. The number of esters is 1. The molecule has 0 amide bonds. The summed E-state index contributed by atoms with van der Waals surface area (Å²) >= 11 is 2.68. The summed E-state index contributed by atoms with van der Waals surface area (Å²) in [6.07, 6.45) is 1.68. The highest BCUT2D eigenvalue weighted by atomic mass is 32.2. The van der Waals surface area contributed by atoms with Gasteiger partial charge in [0, 0.05) is 16.5 Å². The summed E-state index contributed by atoms with van der Waals surface area (Å²) in [5, 5.41) is 0.690. The maximum Gasteiger partial charge on any atom is 0.338 e. The molecule has 0 spiro atoms. The van der Waals surface area contributed by atoms with Crippen LogP contribution >= 0.6 is 23.1 Å². The molecular formula is C32H23FN2O4S2. The molecule has 1 aliphatic heterocycles. The van der Waals surface area contributed by atoms with Gasteiger partial charge in [-0.15, -0.1) is 0 Å². The van der Waals surface area contributed by atoms with Gasteiger partial charge in [0.15, 0.2) is 9.89 Å². The molecule has 41 heavy (non-hydrogen) atoms. The lowest BCUT2D eigenvalue weighted by atomic mass is 9.93. The monoisotopic (exact) mass is 582 g/mol. The minimum absolute atomic E-state index is 0.146. The molecule has 6 nitrogen and oxygen atoms in total. The average Bonchev–Trinajstić information content (AvgIpc) is 3.56. The van der Waals surface area contributed by atoms with Crippen LogP contribution in [0.1, 0.15) is 29.9 Å². The molecule has 0 N–H and O–H groups in total. The maximum atomic E-state index is 13.9. The molecule has 3 heterocycles. The molecule has 204 valence electrons. The lowest BCUT2D eigenvalue weighted by Crippen LogP contribution is -2.40. The third-order valence-corrected chi connectivity index (χ3v) is 8.31. The Kier molecular flexibility index (Phi) is 7.54. The fourth-order valence-corrected chi connectivity index (χ4v) is 6.38. The molecule has 0 bridgehead atoms. The maximum absolute atomic E-state index is 13.9. The molecule has 0 fully saturated rings. The Labute approximate surface area is 242 Å². The van der Waals surface area contributed by atoms with Gasteiger partial charge in [-0.1, -0.05) is 83.8 Å². The van der Waals surface area contributed by atoms with E-state index < -0.39 is 17.8 Å². The van der Waals surface area contributed by atoms with Gasteiger partial charge >= 0.3 is 5.97 Å². The van der Waals surface area contributed by atoms with Crippen molar-refractivity contribution in [1.82, 2.24) is 4.57 Å². The van der Waals surface area contributed by atoms with Crippen LogP contribution in [0.5, 0.6) is 0 Å². The minimum atomic E-state index is -0.871. The quantitative estimate of drug-likeness (QED) is 0.226. The highest BCUT2D eigenvalue weighted by Crippen LogP contribution is 2.35. The van der Waals surface area contributed by atoms with Gasteiger partial charge in [0.25, 0.3) is 5.56 Å². The first kappa shape index (κ1) is 26.7. The first-order valence-electron chi connectivity index (χ1n) is 12.9. The van der Waals surface area contributed by atoms with Crippen LogP contribution in [0.4, 0.5) is 4.39 Å². The Morgan fingerprint density at radius 1 is 1.02 bits per heavy atom. The summed E-state index contributed by atoms with van der Waals surface area (Å²) in [5.41, 5.74) is 1.54. The topological polar surface area (TPSA) is 73.8 Å². The number of rotatable bonds is 7. The van der Waals surface area contributed by atoms with E-state index in [4.69, 9.17) is 14.1 Å². The van der Waals surface area contributed by atoms with E-state index in [9.17, 15) is 14.0 Å². The predicted octanol–water partition coefficient (Wildman–Crippen LogP) is 5.82. The Morgan fingerprint density at radius 2 is 1.73 bits per heavy atom. The first-order valence-corrected chi connectivity index (χ1v) is 14.5. The van der Waals surface area contributed by atoms with Gasteiger partial charge in [0.05, 0.1) is 28.5 Å². The number of thiazole rings is 1. The number of carbonyl (C=O) groups is 1. The molecule has 0 unspecified atom stereocenters. The standard InChI is InChI=1S/C32H23FN2O4S2/c1-2-38-31(37)27-28(20-9-5-3-6-10-20)34-32-35(29(27)21-13-15-22(33)16-14-21)30(36)25(41-32)19-23-17-18-26(39-23)40-24-11-7-4-8-12-24/h3-19,29H,2H2,1H3/b25-19+/t29-/m1/s1. The third-order valence-electron chi connectivity index (χ3n) is 6.40. The lowest BCUT2D eigenvalue weighted by molar-refractivity contribution is -0.138. The van der Waals surface area contributed by atoms with Crippen molar-refractivity contribution >= 4 is 40.8 Å². The van der Waals surface area contributed by atoms with Crippen LogP contribution < -0.4 is 14.9 Å². The fraction of sp³-hybridized carbons (Fsp3) is 0.0938. The third kappa shape index (κ3) is 5.46. The zero-order valence-electron chi connectivity index (χ0n) is 21.8. The van der Waals surface area contributed by atoms with Crippen LogP contribution in [0.3, 0.4) is 0 Å². The van der Waals surface area contributed by atoms with E-state index in [2.05, 4.69) is 0 Å². The average molecular weight is 583 g/mol. The van der Waals surface area contributed by atoms with Crippen molar-refractivity contribution in [3.63, 3.8) is 0 Å². The Balaban J connectivity index is 1.52. The highest BCUT2D eigenvalue weighted by Gasteiger charge is 2.35. The summed E-state index contributed by atoms with van der Waals surface area (Å²) in [6.45, 7) is 1.86. The van der Waals surface area contributed by atoms with Gasteiger partial charge in [-0.05, 0) is 48.9 Å². The van der Waals surface area contributed by atoms with E-state index in [-0.39, 0.29) is 17.7 Å². The molecule has 6 rings (SSSR count). The number of ether oxygens (including phenoxy) is 1. The van der Waals surface area contributed by atoms with Crippen molar-refractivity contribution in [2.45, 2.75) is 23.0 Å². The van der Waals surface area contributed by atoms with Crippen LogP contribution in [0.25, 0.3) is 11.8 Å². The summed E-state index contributed by atoms with van der Waals surface area (Å²) in [7, 11) is 0. The van der Waals surface area contributed by atoms with Crippen molar-refractivity contribution in [3.8, 4) is 0 Å². The van der Waals surface area contributed by atoms with Crippen molar-refractivity contribution in [3.05, 3.63) is 145 Å². The molecular weight excluding hydrogens is 559 g/mol. The van der Waals surface area contributed by atoms with Gasteiger partial charge in [0.2, 0.25) is 0 Å². The molecule has 9 heteroatoms. The number of furan rings is 1. The van der Waals surface area contributed by atoms with E-state index in [1.165, 1.54) is 39.8 Å². The summed E-state index contributed by atoms with van der Waals surface area (Å²) in [5.74, 6) is -0.500. The number of nitrogens with zero attached hydrogens (tertiary/aromatic N) is 2. The summed E-state index contributed by atoms with van der Waals surface area (Å²) in [6, 6.07) is 27.7. The van der Waals surface area contributed by atoms with Gasteiger partial charge in [-0.2, -0.15) is 0 Å². The molecule has 1 atom stereocenters. The van der Waals surface area contributed by atoms with Crippen LogP contribution in [0, 0.1) is 5.82 Å². The number of hydrogen-bond acceptors (Lipinski definition) is 7. The molecule has 0 saturated heterocycles. The van der Waals surface area contributed by atoms with E-state index in [1.54, 1.807) is 31.2 Å². The first-order chi connectivity index (χ1) is 20.0. The Bertz CT molecular complexity index is 1930. The number of hydrogen-bond donors (Lipinski definition) is 0. The molecule has 2 aromatic heterocycles. The van der Waals surface area contributed by atoms with E-state index in [1.807, 2.05) is 66.7 Å². The molecule has 0 saturated carbocycles. The molecule has 3 aromatic carbocycles. The summed E-state index contributed by atoms with van der Waals surface area (Å²) < 4.78 is 27.2. The largest absolute Gasteiger partial charge is 0.463 e. The number of benzene rings is 3. The highest BCUT2D eigenvalue weighted by molar-refractivity contribution is 7.99. The van der Waals surface area contributed by atoms with E-state index in [0.29, 0.717) is 37.0 Å². The van der Waals surface area contributed by atoms with Crippen molar-refractivity contribution < 1.29 is 18.3 Å². The van der Waals surface area contributed by atoms with Gasteiger partial charge in [-0.25, -0.2) is 14.2 Å². The van der Waals surface area contributed by atoms with Crippen molar-refractivity contribution in [2.24, 2.45) is 4.99 Å². The lowest BCUT2D eigenvalue weighted by Gasteiger charge is -2.25. The SMILES string of the molecule is CCOC(=O)C1=C(c2ccccc2)N=c2s/c(=C/c3ccc(Sc4ccccc4)o3)c(=O)n2[C@@H]1c1ccc(F)cc1. The zero-order valence-corrected chi connectivity index (χ0v) is 23.5. The van der Waals surface area contributed by atoms with Gasteiger partial charge < -0.3 is 9.15 Å². The number of carbonyl (C=O) groups excluding carboxylic acids is 1. The van der Waals surface area contributed by atoms with Crippen LogP contribution in [-0.4, -0.2) is 17.1 Å². The molecule has 5 aromatic rings. The summed E-state index contributed by atoms with van der Waals surface area (Å²) in [4.78, 5) is 33.6. The van der Waals surface area contributed by atoms with E-state index in [0.717, 1.165) is 4.90 Å². The Morgan fingerprint density at radius 3 is 2.44 bits per heavy atom. The van der Waals surface area contributed by atoms with Crippen LogP contribution in [0.2, 0.25) is 0 Å². The minimum Gasteiger partial charge on any atom is -0.463 e. The van der Waals surface area contributed by atoms with Crippen molar-refractivity contribution in [2.75, 3.05) is 6.61 Å². The predicted molar refractivity (Wildman–Crippen MR) is 157 cm³/mol. The number of fused-ring (bicyclic) bond motifs is 1. The van der Waals surface area contributed by atoms with Gasteiger partial charge in [-0.3, -0.25) is 9.36 Å². The number of halogens is 1. The zero-order chi connectivity index (χ0) is 28.3. The molecule has 0 aliphatic carbocycles. The second-order valence-corrected chi connectivity index (χ2v) is 11.1. The second kappa shape index (κ2) is 11.6. The van der Waals surface area contributed by atoms with Crippen LogP contribution in [0.15, 0.2) is 127 Å². The Hall–Kier alpha value is -4.47. The van der Waals surface area contributed by atoms with Crippen molar-refractivity contribution in [1.29, 1.82) is 0 Å². The van der Waals surface area contributed by atoms with Crippen LogP contribution in [-0.2, 0) is 9.53 Å². The van der Waals surface area contributed by atoms with E-state index >= 15 is 0 Å². The normalized spacial score (nSPS) is 15.0. The molecule has 0 radical (unpaired) electrons. The van der Waals surface area contributed by atoms with Gasteiger partial charge in [0.1, 0.15) is 11.6 Å². The molecule has 1 aliphatic rings. The second-order valence-electron chi connectivity index (χ2n) is 9.05. The number of aromatic nitrogens is 1.